The van der Waals surface area contributed by atoms with E-state index in [4.69, 9.17) is 4.74 Å². The first-order valence-corrected chi connectivity index (χ1v) is 10.6. The van der Waals surface area contributed by atoms with Gasteiger partial charge < -0.3 is 25.8 Å². The van der Waals surface area contributed by atoms with Crippen LogP contribution in [-0.4, -0.2) is 53.9 Å². The molecule has 4 N–H and O–H groups in total. The monoisotopic (exact) mass is 399 g/mol. The van der Waals surface area contributed by atoms with Crippen LogP contribution in [0.1, 0.15) is 49.8 Å². The zero-order valence-electron chi connectivity index (χ0n) is 16.8. The molecule has 29 heavy (non-hydrogen) atoms. The summed E-state index contributed by atoms with van der Waals surface area (Å²) >= 11 is 0. The standard InChI is InChI=1S/C22H29N3O4/c1-14(26)24-13-20-11-21(12-20,22(29-20)6-8-23-9-7-22)19(28)25-18-16-5-3-2-4-15(16)10-17(18)27/h2-5,17-18,23,27H,6-13H2,1H3,(H,24,26)(H,25,28)/t17-,18+,20?,21?/m1/s1. The minimum absolute atomic E-state index is 0.0175. The van der Waals surface area contributed by atoms with Gasteiger partial charge in [0.1, 0.15) is 0 Å². The molecule has 6 rings (SSSR count). The SMILES string of the molecule is CC(=O)NCC12CC(C(=O)N[C@H]3c4ccccc4C[C@H]3O)(C1)C1(CCNCC1)O2. The second-order valence-electron chi connectivity index (χ2n) is 9.30. The summed E-state index contributed by atoms with van der Waals surface area (Å²) in [4.78, 5) is 25.1. The maximum atomic E-state index is 13.7. The van der Waals surface area contributed by atoms with Crippen molar-refractivity contribution in [2.75, 3.05) is 19.6 Å². The number of ether oxygens (including phenoxy) is 1. The summed E-state index contributed by atoms with van der Waals surface area (Å²) < 4.78 is 6.61. The van der Waals surface area contributed by atoms with Gasteiger partial charge in [0, 0.05) is 19.9 Å². The van der Waals surface area contributed by atoms with Crippen molar-refractivity contribution >= 4 is 11.8 Å². The van der Waals surface area contributed by atoms with Crippen LogP contribution in [-0.2, 0) is 20.7 Å². The molecule has 3 heterocycles. The van der Waals surface area contributed by atoms with Crippen LogP contribution in [0.5, 0.6) is 0 Å². The van der Waals surface area contributed by atoms with E-state index in [-0.39, 0.29) is 17.9 Å². The highest BCUT2D eigenvalue weighted by atomic mass is 16.5. The van der Waals surface area contributed by atoms with E-state index in [1.807, 2.05) is 24.3 Å². The lowest BCUT2D eigenvalue weighted by molar-refractivity contribution is -0.142. The number of amides is 2. The lowest BCUT2D eigenvalue weighted by Crippen LogP contribution is -2.62. The average Bonchev–Trinajstić information content (AvgIpc) is 3.23. The van der Waals surface area contributed by atoms with Crippen molar-refractivity contribution in [2.45, 2.75) is 62.4 Å². The number of hydrogen-bond donors (Lipinski definition) is 4. The maximum absolute atomic E-state index is 13.7. The van der Waals surface area contributed by atoms with Gasteiger partial charge in [-0.3, -0.25) is 9.59 Å². The second-order valence-corrected chi connectivity index (χ2v) is 9.30. The zero-order valence-corrected chi connectivity index (χ0v) is 16.8. The van der Waals surface area contributed by atoms with Crippen LogP contribution < -0.4 is 16.0 Å². The Kier molecular flexibility index (Phi) is 4.28. The summed E-state index contributed by atoms with van der Waals surface area (Å²) in [6.07, 6.45) is 2.76. The molecule has 1 aromatic rings. The van der Waals surface area contributed by atoms with Crippen molar-refractivity contribution in [3.8, 4) is 0 Å². The van der Waals surface area contributed by atoms with E-state index < -0.39 is 22.7 Å². The molecule has 0 unspecified atom stereocenters. The zero-order chi connectivity index (χ0) is 20.3. The Hall–Kier alpha value is -1.96. The first-order valence-electron chi connectivity index (χ1n) is 10.6. The number of nitrogens with one attached hydrogen (secondary N) is 3. The lowest BCUT2D eigenvalue weighted by atomic mass is 9.53. The second kappa shape index (κ2) is 6.52. The molecule has 4 fully saturated rings. The average molecular weight is 399 g/mol. The highest BCUT2D eigenvalue weighted by molar-refractivity contribution is 5.87. The third-order valence-electron chi connectivity index (χ3n) is 7.53. The molecule has 2 amide bonds. The van der Waals surface area contributed by atoms with Crippen molar-refractivity contribution in [1.82, 2.24) is 16.0 Å². The lowest BCUT2D eigenvalue weighted by Gasteiger charge is -2.48. The predicted molar refractivity (Wildman–Crippen MR) is 106 cm³/mol. The van der Waals surface area contributed by atoms with Crippen LogP contribution in [0.15, 0.2) is 24.3 Å². The molecular weight excluding hydrogens is 370 g/mol. The number of piperidine rings is 1. The molecule has 2 bridgehead atoms. The molecule has 1 saturated carbocycles. The number of aliphatic hydroxyl groups is 1. The Morgan fingerprint density at radius 1 is 1.24 bits per heavy atom. The Morgan fingerprint density at radius 3 is 2.69 bits per heavy atom. The van der Waals surface area contributed by atoms with E-state index in [9.17, 15) is 14.7 Å². The van der Waals surface area contributed by atoms with Crippen molar-refractivity contribution in [3.05, 3.63) is 35.4 Å². The molecule has 2 atom stereocenters. The molecule has 0 radical (unpaired) electrons. The van der Waals surface area contributed by atoms with E-state index in [0.717, 1.165) is 37.1 Å². The van der Waals surface area contributed by atoms with Gasteiger partial charge in [-0.25, -0.2) is 0 Å². The maximum Gasteiger partial charge on any atom is 0.229 e. The van der Waals surface area contributed by atoms with Gasteiger partial charge in [0.05, 0.1) is 28.8 Å². The fraction of sp³-hybridized carbons (Fsp3) is 0.636. The normalized spacial score (nSPS) is 36.3. The van der Waals surface area contributed by atoms with E-state index in [1.165, 1.54) is 6.92 Å². The third-order valence-corrected chi connectivity index (χ3v) is 7.53. The summed E-state index contributed by atoms with van der Waals surface area (Å²) in [5.41, 5.74) is 0.559. The molecular formula is C22H29N3O4. The van der Waals surface area contributed by atoms with Crippen molar-refractivity contribution in [1.29, 1.82) is 0 Å². The van der Waals surface area contributed by atoms with Crippen LogP contribution in [0.4, 0.5) is 0 Å². The summed E-state index contributed by atoms with van der Waals surface area (Å²) in [5.74, 6) is -0.0991. The topological polar surface area (TPSA) is 99.7 Å². The number of benzene rings is 1. The Bertz CT molecular complexity index is 842. The Labute approximate surface area is 170 Å². The Balaban J connectivity index is 1.40. The van der Waals surface area contributed by atoms with Gasteiger partial charge in [-0.2, -0.15) is 0 Å². The first-order chi connectivity index (χ1) is 13.9. The van der Waals surface area contributed by atoms with Gasteiger partial charge in [-0.05, 0) is 49.9 Å². The smallest absolute Gasteiger partial charge is 0.229 e. The fourth-order valence-corrected chi connectivity index (χ4v) is 6.21. The number of hydrogen-bond acceptors (Lipinski definition) is 5. The third kappa shape index (κ3) is 2.75. The predicted octanol–water partition coefficient (Wildman–Crippen LogP) is 0.568. The molecule has 3 aliphatic heterocycles. The highest BCUT2D eigenvalue weighted by Crippen LogP contribution is 2.69. The molecule has 7 nitrogen and oxygen atoms in total. The van der Waals surface area contributed by atoms with Crippen LogP contribution in [0.25, 0.3) is 0 Å². The summed E-state index contributed by atoms with van der Waals surface area (Å²) in [7, 11) is 0. The van der Waals surface area contributed by atoms with Gasteiger partial charge >= 0.3 is 0 Å². The molecule has 0 aromatic heterocycles. The Morgan fingerprint density at radius 2 is 1.97 bits per heavy atom. The van der Waals surface area contributed by atoms with Crippen molar-refractivity contribution in [2.24, 2.45) is 5.41 Å². The van der Waals surface area contributed by atoms with Gasteiger partial charge in [0.15, 0.2) is 0 Å². The van der Waals surface area contributed by atoms with Crippen molar-refractivity contribution < 1.29 is 19.4 Å². The van der Waals surface area contributed by atoms with E-state index >= 15 is 0 Å². The van der Waals surface area contributed by atoms with Crippen LogP contribution in [0.2, 0.25) is 0 Å². The molecule has 5 aliphatic rings. The van der Waals surface area contributed by atoms with Crippen LogP contribution >= 0.6 is 0 Å². The molecule has 156 valence electrons. The van der Waals surface area contributed by atoms with Gasteiger partial charge in [0.25, 0.3) is 0 Å². The van der Waals surface area contributed by atoms with E-state index in [2.05, 4.69) is 16.0 Å². The first kappa shape index (κ1) is 19.0. The van der Waals surface area contributed by atoms with Gasteiger partial charge in [-0.1, -0.05) is 24.3 Å². The number of rotatable bonds is 4. The molecule has 1 aromatic carbocycles. The van der Waals surface area contributed by atoms with E-state index in [0.29, 0.717) is 25.8 Å². The summed E-state index contributed by atoms with van der Waals surface area (Å²) in [6, 6.07) is 7.53. The van der Waals surface area contributed by atoms with Crippen LogP contribution in [0.3, 0.4) is 0 Å². The number of carbonyl (C=O) groups is 2. The molecule has 1 spiro atoms. The minimum atomic E-state index is -0.608. The van der Waals surface area contributed by atoms with E-state index in [1.54, 1.807) is 0 Å². The highest BCUT2D eigenvalue weighted by Gasteiger charge is 2.77. The number of fused-ring (bicyclic) bond motifs is 1. The largest absolute Gasteiger partial charge is 0.390 e. The summed E-state index contributed by atoms with van der Waals surface area (Å²) in [6.45, 7) is 3.59. The molecule has 7 heteroatoms. The van der Waals surface area contributed by atoms with Crippen molar-refractivity contribution in [3.63, 3.8) is 0 Å². The minimum Gasteiger partial charge on any atom is -0.390 e. The quantitative estimate of drug-likeness (QED) is 0.593. The molecule has 3 saturated heterocycles. The number of carbonyl (C=O) groups excluding carboxylic acids is 2. The fourth-order valence-electron chi connectivity index (χ4n) is 6.21. The van der Waals surface area contributed by atoms with Gasteiger partial charge in [-0.15, -0.1) is 0 Å². The summed E-state index contributed by atoms with van der Waals surface area (Å²) in [5, 5.41) is 20.0. The molecule has 2 aliphatic carbocycles. The van der Waals surface area contributed by atoms with Crippen LogP contribution in [0, 0.1) is 5.41 Å². The number of aliphatic hydroxyl groups excluding tert-OH is 1. The van der Waals surface area contributed by atoms with Gasteiger partial charge in [0.2, 0.25) is 11.8 Å².